The molecule has 1 aliphatic heterocycles. The summed E-state index contributed by atoms with van der Waals surface area (Å²) in [6.45, 7) is 6.59. The Morgan fingerprint density at radius 2 is 1.79 bits per heavy atom. The maximum atomic E-state index is 12.9. The number of esters is 2. The molecule has 0 bridgehead atoms. The Morgan fingerprint density at radius 1 is 1.08 bits per heavy atom. The molecule has 0 spiro atoms. The number of halogens is 2. The van der Waals surface area contributed by atoms with E-state index < -0.39 is 23.6 Å². The topological polar surface area (TPSA) is 105 Å². The molecule has 12 heteroatoms. The average molecular weight is 579 g/mol. The lowest BCUT2D eigenvalue weighted by Crippen LogP contribution is -2.41. The molecule has 0 atom stereocenters. The highest BCUT2D eigenvalue weighted by molar-refractivity contribution is 6.35. The molecule has 210 valence electrons. The number of aryl methyl sites for hydroxylation is 2. The number of hydrogen-bond donors (Lipinski definition) is 0. The Balaban J connectivity index is 1.93. The highest BCUT2D eigenvalue weighted by atomic mass is 35.5. The van der Waals surface area contributed by atoms with Crippen molar-refractivity contribution in [2.75, 3.05) is 20.8 Å². The second-order valence-electron chi connectivity index (χ2n) is 10.3. The molecule has 0 fully saturated rings. The van der Waals surface area contributed by atoms with Crippen LogP contribution in [0.4, 0.5) is 4.79 Å². The number of fused-ring (bicyclic) bond motifs is 2. The zero-order valence-electron chi connectivity index (χ0n) is 22.9. The average Bonchev–Trinajstić information content (AvgIpc) is 3.39. The van der Waals surface area contributed by atoms with Crippen LogP contribution in [-0.2, 0) is 51.4 Å². The third-order valence-corrected chi connectivity index (χ3v) is 7.24. The van der Waals surface area contributed by atoms with Gasteiger partial charge in [0, 0.05) is 36.5 Å². The van der Waals surface area contributed by atoms with Crippen molar-refractivity contribution in [1.82, 2.24) is 19.2 Å². The highest BCUT2D eigenvalue weighted by Crippen LogP contribution is 2.43. The molecule has 4 rings (SSSR count). The van der Waals surface area contributed by atoms with Gasteiger partial charge < -0.3 is 23.7 Å². The van der Waals surface area contributed by atoms with E-state index in [0.29, 0.717) is 51.7 Å². The number of rotatable bonds is 6. The Kier molecular flexibility index (Phi) is 8.18. The van der Waals surface area contributed by atoms with Crippen molar-refractivity contribution < 1.29 is 28.6 Å². The van der Waals surface area contributed by atoms with Gasteiger partial charge in [-0.3, -0.25) is 9.48 Å². The largest absolute Gasteiger partial charge is 0.469 e. The first kappa shape index (κ1) is 28.8. The predicted octanol–water partition coefficient (Wildman–Crippen LogP) is 5.08. The number of ether oxygens (including phenoxy) is 3. The number of amides is 1. The fourth-order valence-corrected chi connectivity index (χ4v) is 5.45. The molecule has 0 saturated heterocycles. The van der Waals surface area contributed by atoms with Crippen LogP contribution in [0.1, 0.15) is 54.6 Å². The monoisotopic (exact) mass is 578 g/mol. The third kappa shape index (κ3) is 5.45. The van der Waals surface area contributed by atoms with Crippen LogP contribution in [-0.4, -0.2) is 63.6 Å². The molecule has 1 amide bonds. The predicted molar refractivity (Wildman–Crippen MR) is 147 cm³/mol. The number of hydrogen-bond acceptors (Lipinski definition) is 7. The Labute approximate surface area is 236 Å². The van der Waals surface area contributed by atoms with Crippen LogP contribution in [0, 0.1) is 0 Å². The number of alkyl halides is 1. The number of carbonyl (C=O) groups excluding carboxylic acids is 3. The van der Waals surface area contributed by atoms with Crippen molar-refractivity contribution in [2.45, 2.75) is 58.2 Å². The quantitative estimate of drug-likeness (QED) is 0.228. The maximum absolute atomic E-state index is 12.9. The van der Waals surface area contributed by atoms with Gasteiger partial charge in [-0.2, -0.15) is 5.10 Å². The molecule has 0 N–H and O–H groups in total. The molecular weight excluding hydrogens is 547 g/mol. The zero-order valence-corrected chi connectivity index (χ0v) is 24.4. The molecule has 39 heavy (non-hydrogen) atoms. The van der Waals surface area contributed by atoms with Crippen LogP contribution in [0.15, 0.2) is 12.1 Å². The Hall–Kier alpha value is -3.24. The minimum absolute atomic E-state index is 0.0819. The lowest BCUT2D eigenvalue weighted by Gasteiger charge is -2.31. The summed E-state index contributed by atoms with van der Waals surface area (Å²) in [5, 5.41) is 5.89. The van der Waals surface area contributed by atoms with Crippen LogP contribution in [0.5, 0.6) is 0 Å². The first-order chi connectivity index (χ1) is 18.4. The molecule has 0 aliphatic carbocycles. The summed E-state index contributed by atoms with van der Waals surface area (Å²) >= 11 is 13.2. The van der Waals surface area contributed by atoms with Gasteiger partial charge in [0.15, 0.2) is 0 Å². The van der Waals surface area contributed by atoms with Gasteiger partial charge in [-0.05, 0) is 38.8 Å². The smallest absolute Gasteiger partial charge is 0.410 e. The lowest BCUT2D eigenvalue weighted by atomic mass is 9.97. The molecule has 2 aromatic heterocycles. The molecule has 10 nitrogen and oxygen atoms in total. The fourth-order valence-electron chi connectivity index (χ4n) is 5.01. The number of methoxy groups -OCH3 is 2. The van der Waals surface area contributed by atoms with Crippen LogP contribution in [0.2, 0.25) is 5.02 Å². The summed E-state index contributed by atoms with van der Waals surface area (Å²) in [6.07, 6.45) is -0.0795. The first-order valence-electron chi connectivity index (χ1n) is 12.5. The van der Waals surface area contributed by atoms with Gasteiger partial charge in [-0.1, -0.05) is 17.7 Å². The highest BCUT2D eigenvalue weighted by Gasteiger charge is 2.33. The van der Waals surface area contributed by atoms with Crippen LogP contribution in [0.3, 0.4) is 0 Å². The lowest BCUT2D eigenvalue weighted by molar-refractivity contribution is -0.140. The molecule has 1 aromatic carbocycles. The van der Waals surface area contributed by atoms with Crippen molar-refractivity contribution in [1.29, 1.82) is 0 Å². The second-order valence-corrected chi connectivity index (χ2v) is 11.0. The van der Waals surface area contributed by atoms with E-state index in [4.69, 9.17) is 42.5 Å². The molecule has 1 aliphatic rings. The van der Waals surface area contributed by atoms with Crippen LogP contribution in [0.25, 0.3) is 22.0 Å². The first-order valence-corrected chi connectivity index (χ1v) is 13.4. The van der Waals surface area contributed by atoms with E-state index >= 15 is 0 Å². The summed E-state index contributed by atoms with van der Waals surface area (Å²) in [6, 6.07) is 3.57. The van der Waals surface area contributed by atoms with Gasteiger partial charge in [0.05, 0.1) is 55.1 Å². The molecule has 3 aromatic rings. The Morgan fingerprint density at radius 3 is 2.41 bits per heavy atom. The van der Waals surface area contributed by atoms with Gasteiger partial charge in [-0.15, -0.1) is 11.6 Å². The third-order valence-electron chi connectivity index (χ3n) is 6.68. The van der Waals surface area contributed by atoms with E-state index in [1.807, 2.05) is 31.5 Å². The van der Waals surface area contributed by atoms with Crippen LogP contribution >= 0.6 is 23.2 Å². The standard InChI is InChI=1S/C27H32Cl2N4O6/c1-27(2,3)39-26(36)32-11-12-33-19(14-32)22(18(13-28)30-33)21-17(29)9-7-15-16(8-10-20(34)37-5)24(25(35)38-6)31(4)23(15)21/h7,9H,8,10-14H2,1-6H3. The normalized spacial score (nSPS) is 13.4. The summed E-state index contributed by atoms with van der Waals surface area (Å²) in [7, 11) is 4.38. The summed E-state index contributed by atoms with van der Waals surface area (Å²) in [5.41, 5.74) is 3.68. The van der Waals surface area contributed by atoms with Crippen molar-refractivity contribution in [3.05, 3.63) is 39.8 Å². The minimum Gasteiger partial charge on any atom is -0.469 e. The molecule has 0 saturated carbocycles. The number of benzene rings is 1. The van der Waals surface area contributed by atoms with Crippen molar-refractivity contribution >= 4 is 52.1 Å². The summed E-state index contributed by atoms with van der Waals surface area (Å²) in [4.78, 5) is 39.4. The number of nitrogens with zero attached hydrogens (tertiary/aromatic N) is 4. The van der Waals surface area contributed by atoms with E-state index in [2.05, 4.69) is 0 Å². The van der Waals surface area contributed by atoms with Gasteiger partial charge in [0.1, 0.15) is 11.3 Å². The van der Waals surface area contributed by atoms with Gasteiger partial charge in [0.25, 0.3) is 0 Å². The molecule has 0 radical (unpaired) electrons. The van der Waals surface area contributed by atoms with Gasteiger partial charge in [-0.25, -0.2) is 9.59 Å². The summed E-state index contributed by atoms with van der Waals surface area (Å²) in [5.74, 6) is -0.825. The van der Waals surface area contributed by atoms with E-state index in [1.165, 1.54) is 14.2 Å². The van der Waals surface area contributed by atoms with Crippen molar-refractivity contribution in [3.63, 3.8) is 0 Å². The van der Waals surface area contributed by atoms with E-state index in [0.717, 1.165) is 11.1 Å². The number of carbonyl (C=O) groups is 3. The van der Waals surface area contributed by atoms with E-state index in [-0.39, 0.29) is 25.3 Å². The van der Waals surface area contributed by atoms with Crippen molar-refractivity contribution in [3.8, 4) is 11.1 Å². The van der Waals surface area contributed by atoms with Gasteiger partial charge >= 0.3 is 18.0 Å². The Bertz CT molecular complexity index is 1450. The summed E-state index contributed by atoms with van der Waals surface area (Å²) < 4.78 is 19.1. The maximum Gasteiger partial charge on any atom is 0.410 e. The zero-order chi connectivity index (χ0) is 28.6. The molecule has 0 unspecified atom stereocenters. The minimum atomic E-state index is -0.637. The van der Waals surface area contributed by atoms with Crippen molar-refractivity contribution in [2.24, 2.45) is 7.05 Å². The molecular formula is C27H32Cl2N4O6. The SMILES string of the molecule is COC(=O)CCc1c(C(=O)OC)n(C)c2c(-c3c(CCl)nn4c3CN(C(=O)OC(C)(C)C)CC4)c(Cl)ccc12. The van der Waals surface area contributed by atoms with Crippen LogP contribution < -0.4 is 0 Å². The van der Waals surface area contributed by atoms with E-state index in [1.54, 1.807) is 22.6 Å². The fraction of sp³-hybridized carbons (Fsp3) is 0.481. The van der Waals surface area contributed by atoms with Gasteiger partial charge in [0.2, 0.25) is 0 Å². The molecule has 3 heterocycles. The van der Waals surface area contributed by atoms with E-state index in [9.17, 15) is 14.4 Å². The second kappa shape index (κ2) is 11.1. The number of aromatic nitrogens is 3.